The summed E-state index contributed by atoms with van der Waals surface area (Å²) in [5.41, 5.74) is 1.92. The Balaban J connectivity index is 1.88. The van der Waals surface area contributed by atoms with E-state index in [-0.39, 0.29) is 18.0 Å². The van der Waals surface area contributed by atoms with E-state index < -0.39 is 23.6 Å². The standard InChI is InChI=1S/C22H16F2N2O2/c23-16-8-6-15(7-9-16)22(28)26-13-20(27)25-19-11-10-17(24)12-18(19)21(26)14-4-2-1-3-5-14/h1-12,21H,13H2,(H,25,27)/t21-/m1/s1. The number of amides is 2. The first-order valence-electron chi connectivity index (χ1n) is 8.74. The summed E-state index contributed by atoms with van der Waals surface area (Å²) in [5.74, 6) is -1.76. The minimum absolute atomic E-state index is 0.216. The van der Waals surface area contributed by atoms with Gasteiger partial charge in [-0.3, -0.25) is 9.59 Å². The Kier molecular flexibility index (Phi) is 4.61. The normalized spacial score (nSPS) is 16.1. The molecule has 0 saturated carbocycles. The van der Waals surface area contributed by atoms with Gasteiger partial charge in [0, 0.05) is 16.8 Å². The lowest BCUT2D eigenvalue weighted by molar-refractivity contribution is -0.117. The van der Waals surface area contributed by atoms with Crippen molar-refractivity contribution < 1.29 is 18.4 Å². The number of fused-ring (bicyclic) bond motifs is 1. The molecule has 1 aliphatic heterocycles. The van der Waals surface area contributed by atoms with Crippen LogP contribution in [0.25, 0.3) is 0 Å². The maximum absolute atomic E-state index is 14.1. The van der Waals surface area contributed by atoms with Gasteiger partial charge < -0.3 is 10.2 Å². The van der Waals surface area contributed by atoms with E-state index in [0.29, 0.717) is 11.3 Å². The molecule has 28 heavy (non-hydrogen) atoms. The minimum atomic E-state index is -0.677. The number of anilines is 1. The molecular formula is C22H16F2N2O2. The highest BCUT2D eigenvalue weighted by atomic mass is 19.1. The van der Waals surface area contributed by atoms with E-state index in [9.17, 15) is 18.4 Å². The number of nitrogens with zero attached hydrogens (tertiary/aromatic N) is 1. The van der Waals surface area contributed by atoms with Gasteiger partial charge in [0.15, 0.2) is 0 Å². The lowest BCUT2D eigenvalue weighted by atomic mass is 9.95. The molecule has 0 aromatic heterocycles. The highest BCUT2D eigenvalue weighted by molar-refractivity contribution is 6.01. The van der Waals surface area contributed by atoms with Crippen molar-refractivity contribution in [3.05, 3.63) is 101 Å². The minimum Gasteiger partial charge on any atom is -0.324 e. The van der Waals surface area contributed by atoms with Crippen LogP contribution >= 0.6 is 0 Å². The van der Waals surface area contributed by atoms with E-state index in [1.54, 1.807) is 0 Å². The predicted octanol–water partition coefficient (Wildman–Crippen LogP) is 4.15. The maximum atomic E-state index is 14.1. The number of benzene rings is 3. The Morgan fingerprint density at radius 1 is 0.929 bits per heavy atom. The predicted molar refractivity (Wildman–Crippen MR) is 101 cm³/mol. The fourth-order valence-corrected chi connectivity index (χ4v) is 3.42. The van der Waals surface area contributed by atoms with Gasteiger partial charge in [-0.05, 0) is 48.0 Å². The fraction of sp³-hybridized carbons (Fsp3) is 0.0909. The number of halogens is 2. The van der Waals surface area contributed by atoms with Crippen molar-refractivity contribution in [3.8, 4) is 0 Å². The van der Waals surface area contributed by atoms with Gasteiger partial charge in [0.1, 0.15) is 18.2 Å². The van der Waals surface area contributed by atoms with Crippen molar-refractivity contribution in [2.75, 3.05) is 11.9 Å². The fourth-order valence-electron chi connectivity index (χ4n) is 3.42. The van der Waals surface area contributed by atoms with Crippen LogP contribution in [0.3, 0.4) is 0 Å². The second-order valence-corrected chi connectivity index (χ2v) is 6.53. The molecule has 4 nitrogen and oxygen atoms in total. The highest BCUT2D eigenvalue weighted by Crippen LogP contribution is 2.36. The smallest absolute Gasteiger partial charge is 0.255 e. The van der Waals surface area contributed by atoms with Crippen molar-refractivity contribution in [1.82, 2.24) is 4.90 Å². The van der Waals surface area contributed by atoms with E-state index in [1.807, 2.05) is 30.3 Å². The average molecular weight is 378 g/mol. The number of nitrogens with one attached hydrogen (secondary N) is 1. The zero-order valence-electron chi connectivity index (χ0n) is 14.7. The van der Waals surface area contributed by atoms with Crippen molar-refractivity contribution in [2.45, 2.75) is 6.04 Å². The topological polar surface area (TPSA) is 49.4 Å². The van der Waals surface area contributed by atoms with Gasteiger partial charge in [-0.1, -0.05) is 30.3 Å². The molecular weight excluding hydrogens is 362 g/mol. The molecule has 0 unspecified atom stereocenters. The Hall–Kier alpha value is -3.54. The van der Waals surface area contributed by atoms with E-state index in [2.05, 4.69) is 5.32 Å². The molecule has 4 rings (SSSR count). The lowest BCUT2D eigenvalue weighted by Gasteiger charge is -2.30. The summed E-state index contributed by atoms with van der Waals surface area (Å²) in [6.07, 6.45) is 0. The molecule has 0 radical (unpaired) electrons. The zero-order valence-corrected chi connectivity index (χ0v) is 14.7. The molecule has 1 heterocycles. The first kappa shape index (κ1) is 17.9. The van der Waals surface area contributed by atoms with Gasteiger partial charge in [-0.25, -0.2) is 8.78 Å². The van der Waals surface area contributed by atoms with Gasteiger partial charge in [-0.15, -0.1) is 0 Å². The van der Waals surface area contributed by atoms with Crippen LogP contribution in [0, 0.1) is 11.6 Å². The summed E-state index contributed by atoms with van der Waals surface area (Å²) in [6, 6.07) is 17.6. The molecule has 0 bridgehead atoms. The number of carbonyl (C=O) groups is 2. The molecule has 3 aromatic rings. The van der Waals surface area contributed by atoms with Gasteiger partial charge >= 0.3 is 0 Å². The van der Waals surface area contributed by atoms with Gasteiger partial charge in [0.05, 0.1) is 6.04 Å². The van der Waals surface area contributed by atoms with Crippen LogP contribution < -0.4 is 5.32 Å². The van der Waals surface area contributed by atoms with Crippen molar-refractivity contribution in [1.29, 1.82) is 0 Å². The summed E-state index contributed by atoms with van der Waals surface area (Å²) >= 11 is 0. The van der Waals surface area contributed by atoms with Crippen molar-refractivity contribution in [2.24, 2.45) is 0 Å². The van der Waals surface area contributed by atoms with Crippen molar-refractivity contribution >= 4 is 17.5 Å². The van der Waals surface area contributed by atoms with E-state index in [0.717, 1.165) is 5.56 Å². The molecule has 1 aliphatic rings. The third-order valence-corrected chi connectivity index (χ3v) is 4.68. The van der Waals surface area contributed by atoms with Crippen molar-refractivity contribution in [3.63, 3.8) is 0 Å². The van der Waals surface area contributed by atoms with Crippen LogP contribution in [0.15, 0.2) is 72.8 Å². The van der Waals surface area contributed by atoms with Crippen LogP contribution in [-0.4, -0.2) is 23.3 Å². The molecule has 0 aliphatic carbocycles. The molecule has 1 N–H and O–H groups in total. The largest absolute Gasteiger partial charge is 0.324 e. The van der Waals surface area contributed by atoms with Crippen LogP contribution in [0.5, 0.6) is 0 Å². The zero-order chi connectivity index (χ0) is 19.7. The van der Waals surface area contributed by atoms with Crippen LogP contribution in [0.2, 0.25) is 0 Å². The SMILES string of the molecule is O=C1CN(C(=O)c2ccc(F)cc2)[C@H](c2ccccc2)c2cc(F)ccc2N1. The van der Waals surface area contributed by atoms with Gasteiger partial charge in [-0.2, -0.15) is 0 Å². The third kappa shape index (κ3) is 3.36. The van der Waals surface area contributed by atoms with Gasteiger partial charge in [0.25, 0.3) is 5.91 Å². The molecule has 140 valence electrons. The van der Waals surface area contributed by atoms with Crippen LogP contribution in [0.1, 0.15) is 27.5 Å². The quantitative estimate of drug-likeness (QED) is 0.728. The number of hydrogen-bond acceptors (Lipinski definition) is 2. The number of rotatable bonds is 2. The first-order valence-corrected chi connectivity index (χ1v) is 8.74. The molecule has 2 amide bonds. The maximum Gasteiger partial charge on any atom is 0.255 e. The molecule has 0 spiro atoms. The average Bonchev–Trinajstić information content (AvgIpc) is 2.84. The molecule has 6 heteroatoms. The first-order chi connectivity index (χ1) is 13.5. The Morgan fingerprint density at radius 3 is 2.32 bits per heavy atom. The number of hydrogen-bond donors (Lipinski definition) is 1. The summed E-state index contributed by atoms with van der Waals surface area (Å²) in [4.78, 5) is 27.0. The van der Waals surface area contributed by atoms with Crippen LogP contribution in [0.4, 0.5) is 14.5 Å². The second kappa shape index (κ2) is 7.23. The Bertz CT molecular complexity index is 1040. The Morgan fingerprint density at radius 2 is 1.61 bits per heavy atom. The van der Waals surface area contributed by atoms with E-state index in [1.165, 1.54) is 47.4 Å². The van der Waals surface area contributed by atoms with Gasteiger partial charge in [0.2, 0.25) is 5.91 Å². The molecule has 0 saturated heterocycles. The molecule has 0 fully saturated rings. The summed E-state index contributed by atoms with van der Waals surface area (Å²) in [7, 11) is 0. The number of carbonyl (C=O) groups excluding carboxylic acids is 2. The lowest BCUT2D eigenvalue weighted by Crippen LogP contribution is -2.39. The van der Waals surface area contributed by atoms with Crippen LogP contribution in [-0.2, 0) is 4.79 Å². The Labute approximate surface area is 160 Å². The summed E-state index contributed by atoms with van der Waals surface area (Å²) in [6.45, 7) is -0.216. The van der Waals surface area contributed by atoms with E-state index >= 15 is 0 Å². The molecule has 1 atom stereocenters. The monoisotopic (exact) mass is 378 g/mol. The van der Waals surface area contributed by atoms with E-state index in [4.69, 9.17) is 0 Å². The summed E-state index contributed by atoms with van der Waals surface area (Å²) in [5, 5.41) is 2.74. The third-order valence-electron chi connectivity index (χ3n) is 4.68. The second-order valence-electron chi connectivity index (χ2n) is 6.53. The highest BCUT2D eigenvalue weighted by Gasteiger charge is 2.34. The molecule has 3 aromatic carbocycles. The summed E-state index contributed by atoms with van der Waals surface area (Å²) < 4.78 is 27.3.